The first kappa shape index (κ1) is 16.5. The molecule has 3 rings (SSSR count). The molecule has 24 heavy (non-hydrogen) atoms. The van der Waals surface area contributed by atoms with Crippen LogP contribution in [0, 0.1) is 0 Å². The van der Waals surface area contributed by atoms with Crippen LogP contribution in [0.1, 0.15) is 12.0 Å². The molecule has 1 aliphatic rings. The zero-order chi connectivity index (χ0) is 17.1. The zero-order valence-electron chi connectivity index (χ0n) is 13.2. The Hall–Kier alpha value is -2.37. The predicted octanol–water partition coefficient (Wildman–Crippen LogP) is 2.77. The Morgan fingerprint density at radius 2 is 1.79 bits per heavy atom. The summed E-state index contributed by atoms with van der Waals surface area (Å²) in [6.45, 7) is 0.497. The van der Waals surface area contributed by atoms with Gasteiger partial charge < -0.3 is 10.1 Å². The van der Waals surface area contributed by atoms with Gasteiger partial charge in [-0.1, -0.05) is 23.7 Å². The van der Waals surface area contributed by atoms with Crippen LogP contribution in [0.25, 0.3) is 0 Å². The van der Waals surface area contributed by atoms with E-state index < -0.39 is 6.04 Å². The second-order valence-corrected chi connectivity index (χ2v) is 5.97. The first-order chi connectivity index (χ1) is 11.6. The summed E-state index contributed by atoms with van der Waals surface area (Å²) in [5, 5.41) is 3.80. The Morgan fingerprint density at radius 1 is 1.12 bits per heavy atom. The van der Waals surface area contributed by atoms with E-state index in [9.17, 15) is 9.59 Å². The molecule has 1 aliphatic heterocycles. The summed E-state index contributed by atoms with van der Waals surface area (Å²) in [4.78, 5) is 26.0. The van der Waals surface area contributed by atoms with Crippen molar-refractivity contribution in [3.63, 3.8) is 0 Å². The number of nitrogens with one attached hydrogen (secondary N) is 1. The highest BCUT2D eigenvalue weighted by molar-refractivity contribution is 6.30. The molecular weight excluding hydrogens is 328 g/mol. The quantitative estimate of drug-likeness (QED) is 0.847. The van der Waals surface area contributed by atoms with Crippen LogP contribution in [-0.4, -0.2) is 25.0 Å². The molecule has 0 radical (unpaired) electrons. The van der Waals surface area contributed by atoms with Gasteiger partial charge in [0.2, 0.25) is 5.91 Å². The number of nitrogens with zero attached hydrogens (tertiary/aromatic N) is 1. The van der Waals surface area contributed by atoms with Gasteiger partial charge in [-0.3, -0.25) is 9.59 Å². The van der Waals surface area contributed by atoms with E-state index in [0.717, 1.165) is 5.56 Å². The molecule has 0 aliphatic carbocycles. The van der Waals surface area contributed by atoms with E-state index in [1.165, 1.54) is 4.90 Å². The lowest BCUT2D eigenvalue weighted by Crippen LogP contribution is -2.38. The molecule has 0 saturated carbocycles. The smallest absolute Gasteiger partial charge is 0.251 e. The van der Waals surface area contributed by atoms with Gasteiger partial charge in [0.15, 0.2) is 0 Å². The van der Waals surface area contributed by atoms with Crippen molar-refractivity contribution in [2.75, 3.05) is 12.0 Å². The molecule has 0 spiro atoms. The molecule has 124 valence electrons. The van der Waals surface area contributed by atoms with Crippen LogP contribution in [-0.2, 0) is 16.1 Å². The molecule has 0 aromatic heterocycles. The van der Waals surface area contributed by atoms with Crippen molar-refractivity contribution < 1.29 is 14.3 Å². The number of carbonyl (C=O) groups is 2. The molecular formula is C18H17ClN2O3. The number of imide groups is 1. The molecule has 1 saturated heterocycles. The topological polar surface area (TPSA) is 58.6 Å². The molecule has 1 fully saturated rings. The summed E-state index contributed by atoms with van der Waals surface area (Å²) in [6.07, 6.45) is 0.151. The van der Waals surface area contributed by atoms with Crippen molar-refractivity contribution in [1.82, 2.24) is 5.32 Å². The van der Waals surface area contributed by atoms with Crippen LogP contribution in [0.5, 0.6) is 5.75 Å². The number of carbonyl (C=O) groups excluding carboxylic acids is 2. The molecule has 0 bridgehead atoms. The van der Waals surface area contributed by atoms with Crippen molar-refractivity contribution in [2.24, 2.45) is 0 Å². The van der Waals surface area contributed by atoms with Crippen LogP contribution in [0.4, 0.5) is 5.69 Å². The summed E-state index contributed by atoms with van der Waals surface area (Å²) in [5.74, 6) is 0.230. The van der Waals surface area contributed by atoms with E-state index in [1.54, 1.807) is 43.5 Å². The normalized spacial score (nSPS) is 17.4. The lowest BCUT2D eigenvalue weighted by atomic mass is 10.2. The van der Waals surface area contributed by atoms with Gasteiger partial charge in [-0.05, 0) is 42.0 Å². The third-order valence-corrected chi connectivity index (χ3v) is 4.20. The molecule has 2 aromatic carbocycles. The lowest BCUT2D eigenvalue weighted by molar-refractivity contribution is -0.121. The minimum absolute atomic E-state index is 0.151. The molecule has 1 atom stereocenters. The van der Waals surface area contributed by atoms with Gasteiger partial charge in [0.05, 0.1) is 25.3 Å². The number of anilines is 1. The minimum Gasteiger partial charge on any atom is -0.497 e. The van der Waals surface area contributed by atoms with Crippen molar-refractivity contribution in [1.29, 1.82) is 0 Å². The second-order valence-electron chi connectivity index (χ2n) is 5.53. The van der Waals surface area contributed by atoms with E-state index >= 15 is 0 Å². The number of hydrogen-bond donors (Lipinski definition) is 1. The van der Waals surface area contributed by atoms with E-state index in [2.05, 4.69) is 5.32 Å². The average molecular weight is 345 g/mol. The van der Waals surface area contributed by atoms with Crippen molar-refractivity contribution in [3.8, 4) is 5.75 Å². The summed E-state index contributed by atoms with van der Waals surface area (Å²) >= 11 is 5.85. The third-order valence-electron chi connectivity index (χ3n) is 3.94. The Labute approximate surface area is 145 Å². The Balaban J connectivity index is 1.67. The number of halogens is 1. The molecule has 1 unspecified atom stereocenters. The lowest BCUT2D eigenvalue weighted by Gasteiger charge is -2.16. The number of rotatable bonds is 5. The van der Waals surface area contributed by atoms with Gasteiger partial charge in [-0.15, -0.1) is 0 Å². The van der Waals surface area contributed by atoms with Gasteiger partial charge in [-0.2, -0.15) is 0 Å². The monoisotopic (exact) mass is 344 g/mol. The van der Waals surface area contributed by atoms with E-state index in [-0.39, 0.29) is 18.2 Å². The van der Waals surface area contributed by atoms with E-state index in [0.29, 0.717) is 23.0 Å². The first-order valence-electron chi connectivity index (χ1n) is 7.57. The fraction of sp³-hybridized carbons (Fsp3) is 0.222. The largest absolute Gasteiger partial charge is 0.497 e. The zero-order valence-corrected chi connectivity index (χ0v) is 13.9. The highest BCUT2D eigenvalue weighted by Gasteiger charge is 2.39. The van der Waals surface area contributed by atoms with Gasteiger partial charge in [-0.25, -0.2) is 4.90 Å². The maximum absolute atomic E-state index is 12.5. The third kappa shape index (κ3) is 3.42. The fourth-order valence-electron chi connectivity index (χ4n) is 2.64. The summed E-state index contributed by atoms with van der Waals surface area (Å²) < 4.78 is 5.09. The summed E-state index contributed by atoms with van der Waals surface area (Å²) in [6, 6.07) is 13.7. The van der Waals surface area contributed by atoms with Crippen LogP contribution in [0.2, 0.25) is 5.02 Å². The highest BCUT2D eigenvalue weighted by atomic mass is 35.5. The summed E-state index contributed by atoms with van der Waals surface area (Å²) in [5.41, 5.74) is 1.56. The van der Waals surface area contributed by atoms with Gasteiger partial charge >= 0.3 is 0 Å². The molecule has 5 nitrogen and oxygen atoms in total. The summed E-state index contributed by atoms with van der Waals surface area (Å²) in [7, 11) is 1.57. The van der Waals surface area contributed by atoms with Gasteiger partial charge in [0, 0.05) is 11.6 Å². The number of benzene rings is 2. The van der Waals surface area contributed by atoms with Crippen LogP contribution in [0.15, 0.2) is 48.5 Å². The molecule has 2 amide bonds. The fourth-order valence-corrected chi connectivity index (χ4v) is 2.76. The number of ether oxygens (including phenoxy) is 1. The number of hydrogen-bond acceptors (Lipinski definition) is 4. The molecule has 1 heterocycles. The van der Waals surface area contributed by atoms with Gasteiger partial charge in [0.1, 0.15) is 5.75 Å². The van der Waals surface area contributed by atoms with Crippen LogP contribution < -0.4 is 15.0 Å². The maximum atomic E-state index is 12.5. The maximum Gasteiger partial charge on any atom is 0.251 e. The molecule has 6 heteroatoms. The van der Waals surface area contributed by atoms with Crippen LogP contribution in [0.3, 0.4) is 0 Å². The molecule has 2 aromatic rings. The SMILES string of the molecule is COc1ccc(N2C(=O)CC(NCc3ccc(Cl)cc3)C2=O)cc1. The van der Waals surface area contributed by atoms with Crippen molar-refractivity contribution in [3.05, 3.63) is 59.1 Å². The first-order valence-corrected chi connectivity index (χ1v) is 7.95. The van der Waals surface area contributed by atoms with Crippen molar-refractivity contribution in [2.45, 2.75) is 19.0 Å². The predicted molar refractivity (Wildman–Crippen MR) is 92.2 cm³/mol. The Morgan fingerprint density at radius 3 is 2.42 bits per heavy atom. The average Bonchev–Trinajstić information content (AvgIpc) is 2.88. The molecule has 1 N–H and O–H groups in total. The van der Waals surface area contributed by atoms with Gasteiger partial charge in [0.25, 0.3) is 5.91 Å². The van der Waals surface area contributed by atoms with E-state index in [1.807, 2.05) is 12.1 Å². The number of methoxy groups -OCH3 is 1. The van der Waals surface area contributed by atoms with Crippen molar-refractivity contribution >= 4 is 29.1 Å². The Kier molecular flexibility index (Phi) is 4.83. The Bertz CT molecular complexity index is 744. The second kappa shape index (κ2) is 7.03. The standard InChI is InChI=1S/C18H17ClN2O3/c1-24-15-8-6-14(7-9-15)21-17(22)10-16(18(21)23)20-11-12-2-4-13(19)5-3-12/h2-9,16,20H,10-11H2,1H3. The number of amides is 2. The minimum atomic E-state index is -0.518. The van der Waals surface area contributed by atoms with E-state index in [4.69, 9.17) is 16.3 Å². The highest BCUT2D eigenvalue weighted by Crippen LogP contribution is 2.25. The van der Waals surface area contributed by atoms with Crippen LogP contribution >= 0.6 is 11.6 Å².